The van der Waals surface area contributed by atoms with Crippen LogP contribution in [0.2, 0.25) is 0 Å². The van der Waals surface area contributed by atoms with Crippen LogP contribution in [0.5, 0.6) is 0 Å². The lowest BCUT2D eigenvalue weighted by Crippen LogP contribution is -1.93. The number of rotatable bonds is 8. The maximum atomic E-state index is 8.83. The normalized spacial score (nSPS) is 12.3. The Balaban J connectivity index is 0.000000144. The molecule has 0 aliphatic heterocycles. The summed E-state index contributed by atoms with van der Waals surface area (Å²) in [7, 11) is 0. The van der Waals surface area contributed by atoms with Gasteiger partial charge in [0.25, 0.3) is 0 Å². The standard InChI is InChI=1S/C48H30O.C46H30/c1-3-14-31(15-4-1)33-26-27-44-43(29-33)48-41(24-13-25-45(48)49-44)42-30-35(28-34-18-7-8-19-36(34)42)47-39-22-11-9-20-37(39)46(32-16-5-2-6-17-32)38-21-10-12-23-40(38)47;1-2-15-32(16-3-1)35-18-6-7-19-39(35)45-41-20-8-10-22-43(41)46(44-23-11-9-21-42(44)45)40-27-13-25-37-36(24-12-26-38(37)40)34-29-28-31-14-4-5-17-33(31)30-34/h1-30H;1-30H/i;1D,2D,3D,15D,16D. The molecule has 18 aromatic carbocycles. The van der Waals surface area contributed by atoms with E-state index in [1.807, 2.05) is 36.4 Å². The van der Waals surface area contributed by atoms with Crippen LogP contribution < -0.4 is 0 Å². The molecule has 0 saturated heterocycles. The van der Waals surface area contributed by atoms with Gasteiger partial charge in [-0.15, -0.1) is 0 Å². The summed E-state index contributed by atoms with van der Waals surface area (Å²) in [4.78, 5) is 0. The fourth-order valence-electron chi connectivity index (χ4n) is 15.0. The molecule has 0 fully saturated rings. The van der Waals surface area contributed by atoms with Crippen molar-refractivity contribution >= 4 is 97.3 Å². The van der Waals surface area contributed by atoms with Crippen molar-refractivity contribution in [3.05, 3.63) is 364 Å². The summed E-state index contributed by atoms with van der Waals surface area (Å²) in [6.07, 6.45) is 0. The molecular formula is C94H60O. The molecule has 0 unspecified atom stereocenters. The van der Waals surface area contributed by atoms with Crippen LogP contribution >= 0.6 is 0 Å². The molecule has 1 aromatic heterocycles. The van der Waals surface area contributed by atoms with Gasteiger partial charge in [-0.1, -0.05) is 327 Å². The van der Waals surface area contributed by atoms with Gasteiger partial charge in [-0.2, -0.15) is 0 Å². The minimum Gasteiger partial charge on any atom is -0.456 e. The lowest BCUT2D eigenvalue weighted by molar-refractivity contribution is 0.669. The molecule has 0 aliphatic carbocycles. The molecule has 0 N–H and O–H groups in total. The van der Waals surface area contributed by atoms with Gasteiger partial charge in [-0.3, -0.25) is 0 Å². The summed E-state index contributed by atoms with van der Waals surface area (Å²) >= 11 is 0. The SMILES string of the molecule is [2H]c1c([2H])c([2H])c(-c2ccccc2-c2c3ccccc3c(-c3cccc4c(-c5ccc6ccccc6c5)cccc34)c3ccccc23)c([2H])c1[2H].c1ccc(-c2ccc3oc4cccc(-c5cc(-c6c7ccccc7c(-c7ccccc7)c7ccccc67)cc6ccccc56)c4c3c2)cc1. The van der Waals surface area contributed by atoms with E-state index in [4.69, 9.17) is 11.3 Å². The van der Waals surface area contributed by atoms with E-state index >= 15 is 0 Å². The Labute approximate surface area is 558 Å². The monoisotopic (exact) mass is 1210 g/mol. The smallest absolute Gasteiger partial charge is 0.136 e. The lowest BCUT2D eigenvalue weighted by atomic mass is 9.82. The molecule has 0 aliphatic rings. The zero-order valence-corrected chi connectivity index (χ0v) is 51.7. The lowest BCUT2D eigenvalue weighted by Gasteiger charge is -2.20. The second kappa shape index (κ2) is 23.4. The first-order valence-electron chi connectivity index (χ1n) is 34.9. The van der Waals surface area contributed by atoms with Crippen LogP contribution in [0.4, 0.5) is 0 Å². The summed E-state index contributed by atoms with van der Waals surface area (Å²) in [6, 6.07) is 117. The molecule has 19 rings (SSSR count). The van der Waals surface area contributed by atoms with Crippen molar-refractivity contribution in [3.63, 3.8) is 0 Å². The van der Waals surface area contributed by atoms with Gasteiger partial charge in [0.1, 0.15) is 11.2 Å². The predicted octanol–water partition coefficient (Wildman–Crippen LogP) is 26.7. The highest BCUT2D eigenvalue weighted by atomic mass is 16.3. The van der Waals surface area contributed by atoms with E-state index in [9.17, 15) is 0 Å². The van der Waals surface area contributed by atoms with E-state index < -0.39 is 6.04 Å². The largest absolute Gasteiger partial charge is 0.456 e. The molecule has 19 aromatic rings. The highest BCUT2D eigenvalue weighted by Gasteiger charge is 2.23. The summed E-state index contributed by atoms with van der Waals surface area (Å²) in [5, 5.41) is 18.7. The maximum absolute atomic E-state index is 8.83. The second-order valence-corrected chi connectivity index (χ2v) is 24.5. The first-order chi connectivity index (χ1) is 49.2. The Bertz CT molecular complexity index is 6390. The number of hydrogen-bond acceptors (Lipinski definition) is 1. The molecule has 0 atom stereocenters. The Morgan fingerprint density at radius 1 is 0.189 bits per heavy atom. The van der Waals surface area contributed by atoms with Crippen LogP contribution in [-0.2, 0) is 0 Å². The highest BCUT2D eigenvalue weighted by Crippen LogP contribution is 2.50. The van der Waals surface area contributed by atoms with Crippen LogP contribution in [0.25, 0.3) is 186 Å². The molecule has 95 heavy (non-hydrogen) atoms. The summed E-state index contributed by atoms with van der Waals surface area (Å²) in [5.74, 6) is 0. The first kappa shape index (κ1) is 50.3. The number of furan rings is 1. The van der Waals surface area contributed by atoms with Crippen molar-refractivity contribution in [3.8, 4) is 89.0 Å². The Morgan fingerprint density at radius 2 is 0.632 bits per heavy atom. The van der Waals surface area contributed by atoms with Gasteiger partial charge in [-0.05, 0) is 201 Å². The number of hydrogen-bond donors (Lipinski definition) is 0. The van der Waals surface area contributed by atoms with Gasteiger partial charge in [0.2, 0.25) is 0 Å². The van der Waals surface area contributed by atoms with Gasteiger partial charge >= 0.3 is 0 Å². The Hall–Kier alpha value is -12.4. The van der Waals surface area contributed by atoms with E-state index in [1.165, 1.54) is 104 Å². The van der Waals surface area contributed by atoms with Gasteiger partial charge in [0, 0.05) is 10.8 Å². The average molecular weight is 1210 g/mol. The molecule has 0 amide bonds. The van der Waals surface area contributed by atoms with Crippen molar-refractivity contribution in [2.45, 2.75) is 0 Å². The quantitative estimate of drug-likeness (QED) is 0.138. The molecule has 0 saturated carbocycles. The van der Waals surface area contributed by atoms with Crippen LogP contribution in [0.1, 0.15) is 6.85 Å². The third-order valence-corrected chi connectivity index (χ3v) is 19.2. The number of benzene rings is 18. The average Bonchev–Trinajstić information content (AvgIpc) is 0.805. The molecule has 1 heteroatoms. The van der Waals surface area contributed by atoms with Crippen molar-refractivity contribution in [1.29, 1.82) is 0 Å². The fourth-order valence-corrected chi connectivity index (χ4v) is 15.0. The van der Waals surface area contributed by atoms with Gasteiger partial charge in [0.05, 0.1) is 6.85 Å². The summed E-state index contributed by atoms with van der Waals surface area (Å²) in [6.45, 7) is 0. The second-order valence-electron chi connectivity index (χ2n) is 24.5. The van der Waals surface area contributed by atoms with Crippen molar-refractivity contribution < 1.29 is 11.3 Å². The molecule has 1 nitrogen and oxygen atoms in total. The molecule has 0 spiro atoms. The first-order valence-corrected chi connectivity index (χ1v) is 32.4. The summed E-state index contributed by atoms with van der Waals surface area (Å²) < 4.78 is 49.2. The zero-order chi connectivity index (χ0) is 67.1. The molecule has 442 valence electrons. The minimum atomic E-state index is -0.398. The molecule has 1 heterocycles. The zero-order valence-electron chi connectivity index (χ0n) is 56.7. The van der Waals surface area contributed by atoms with Crippen LogP contribution in [0.15, 0.2) is 368 Å². The highest BCUT2D eigenvalue weighted by molar-refractivity contribution is 6.26. The molecule has 0 radical (unpaired) electrons. The van der Waals surface area contributed by atoms with Crippen LogP contribution in [-0.4, -0.2) is 0 Å². The maximum Gasteiger partial charge on any atom is 0.136 e. The minimum absolute atomic E-state index is 0.198. The fraction of sp³-hybridized carbons (Fsp3) is 0. The van der Waals surface area contributed by atoms with E-state index in [0.717, 1.165) is 71.1 Å². The molecular weight excluding hydrogens is 1150 g/mol. The van der Waals surface area contributed by atoms with Crippen molar-refractivity contribution in [2.24, 2.45) is 0 Å². The molecule has 0 bridgehead atoms. The van der Waals surface area contributed by atoms with E-state index in [-0.39, 0.29) is 29.7 Å². The number of fused-ring (bicyclic) bond motifs is 10. The topological polar surface area (TPSA) is 13.1 Å². The van der Waals surface area contributed by atoms with Gasteiger partial charge in [0.15, 0.2) is 0 Å². The van der Waals surface area contributed by atoms with E-state index in [1.54, 1.807) is 0 Å². The summed E-state index contributed by atoms with van der Waals surface area (Å²) in [5.41, 5.74) is 18.7. The third kappa shape index (κ3) is 9.55. The predicted molar refractivity (Wildman–Crippen MR) is 406 cm³/mol. The third-order valence-electron chi connectivity index (χ3n) is 19.2. The van der Waals surface area contributed by atoms with Crippen LogP contribution in [0.3, 0.4) is 0 Å². The van der Waals surface area contributed by atoms with Crippen molar-refractivity contribution in [1.82, 2.24) is 0 Å². The van der Waals surface area contributed by atoms with Crippen LogP contribution in [0, 0.1) is 0 Å². The van der Waals surface area contributed by atoms with Crippen molar-refractivity contribution in [2.75, 3.05) is 0 Å². The van der Waals surface area contributed by atoms with Gasteiger partial charge < -0.3 is 4.42 Å². The van der Waals surface area contributed by atoms with E-state index in [2.05, 4.69) is 297 Å². The Morgan fingerprint density at radius 3 is 1.27 bits per heavy atom. The van der Waals surface area contributed by atoms with Gasteiger partial charge in [-0.25, -0.2) is 0 Å². The van der Waals surface area contributed by atoms with E-state index in [0.29, 0.717) is 5.56 Å². The Kier molecular flexibility index (Phi) is 12.4.